The number of aliphatic hydroxyl groups is 1. The highest BCUT2D eigenvalue weighted by Gasteiger charge is 2.24. The van der Waals surface area contributed by atoms with E-state index in [4.69, 9.17) is 16.7 Å². The molecule has 0 aromatic carbocycles. The topological polar surface area (TPSA) is 46.5 Å². The van der Waals surface area contributed by atoms with Crippen molar-refractivity contribution >= 4 is 19.6 Å². The quantitative estimate of drug-likeness (QED) is 0.513. The molecule has 0 saturated carbocycles. The van der Waals surface area contributed by atoms with Gasteiger partial charge in [-0.15, -0.1) is 16.1 Å². The van der Waals surface area contributed by atoms with Gasteiger partial charge in [-0.2, -0.15) is 0 Å². The van der Waals surface area contributed by atoms with Crippen LogP contribution in [-0.4, -0.2) is 23.4 Å². The Kier molecular flexibility index (Phi) is 5.30. The van der Waals surface area contributed by atoms with Crippen LogP contribution >= 0.6 is 19.6 Å². The Balaban J connectivity index is 3.28. The molecule has 1 N–H and O–H groups in total. The highest BCUT2D eigenvalue weighted by Crippen LogP contribution is 2.26. The number of hydrogen-bond acceptors (Lipinski definition) is 3. The second-order valence-electron chi connectivity index (χ2n) is 1.44. The van der Waals surface area contributed by atoms with E-state index < -0.39 is 13.9 Å². The first-order valence-electron chi connectivity index (χ1n) is 2.51. The number of halogens is 1. The molecule has 0 heterocycles. The van der Waals surface area contributed by atoms with E-state index in [-0.39, 0.29) is 6.61 Å². The van der Waals surface area contributed by atoms with Crippen molar-refractivity contribution in [2.24, 2.45) is 0 Å². The molecule has 3 nitrogen and oxygen atoms in total. The van der Waals surface area contributed by atoms with Crippen LogP contribution in [0.4, 0.5) is 0 Å². The van der Waals surface area contributed by atoms with Crippen LogP contribution in [0.3, 0.4) is 0 Å². The van der Waals surface area contributed by atoms with Gasteiger partial charge < -0.3 is 5.11 Å². The summed E-state index contributed by atoms with van der Waals surface area (Å²) in [5.74, 6) is -0.600. The van der Waals surface area contributed by atoms with Crippen LogP contribution in [0.1, 0.15) is 6.92 Å². The zero-order valence-corrected chi connectivity index (χ0v) is 6.73. The van der Waals surface area contributed by atoms with E-state index >= 15 is 0 Å². The van der Waals surface area contributed by atoms with Gasteiger partial charge in [0.2, 0.25) is 0 Å². The standard InChI is InChI=1S/C4H9ClO3P/c1-4(6)9(7)8-3-2-5/h4,6H,2-3H2,1H3/q+1. The molecule has 0 aliphatic carbocycles. The van der Waals surface area contributed by atoms with Crippen molar-refractivity contribution in [3.05, 3.63) is 0 Å². The van der Waals surface area contributed by atoms with Gasteiger partial charge >= 0.3 is 8.03 Å². The lowest BCUT2D eigenvalue weighted by Crippen LogP contribution is -1.96. The highest BCUT2D eigenvalue weighted by atomic mass is 35.5. The fourth-order valence-corrected chi connectivity index (χ4v) is 0.904. The average molecular weight is 172 g/mol. The normalized spacial score (nSPS) is 15.2. The van der Waals surface area contributed by atoms with Gasteiger partial charge in [0.05, 0.1) is 5.88 Å². The van der Waals surface area contributed by atoms with E-state index in [1.807, 2.05) is 0 Å². The third-order valence-electron chi connectivity index (χ3n) is 0.601. The summed E-state index contributed by atoms with van der Waals surface area (Å²) < 4.78 is 15.1. The maximum Gasteiger partial charge on any atom is 0.539 e. The Morgan fingerprint density at radius 1 is 1.89 bits per heavy atom. The third-order valence-corrected chi connectivity index (χ3v) is 1.80. The molecular formula is C4H9ClO3P+. The summed E-state index contributed by atoms with van der Waals surface area (Å²) in [4.78, 5) is 0. The fraction of sp³-hybridized carbons (Fsp3) is 1.00. The van der Waals surface area contributed by atoms with Gasteiger partial charge in [-0.05, 0) is 4.57 Å². The van der Waals surface area contributed by atoms with Gasteiger partial charge in [-0.1, -0.05) is 0 Å². The smallest absolute Gasteiger partial charge is 0.349 e. The minimum Gasteiger partial charge on any atom is -0.349 e. The van der Waals surface area contributed by atoms with Crippen molar-refractivity contribution in [1.82, 2.24) is 0 Å². The van der Waals surface area contributed by atoms with Crippen LogP contribution in [0.2, 0.25) is 0 Å². The van der Waals surface area contributed by atoms with E-state index in [1.165, 1.54) is 6.92 Å². The summed E-state index contributed by atoms with van der Waals surface area (Å²) in [5, 5.41) is 8.60. The second-order valence-corrected chi connectivity index (χ2v) is 3.39. The van der Waals surface area contributed by atoms with Crippen LogP contribution in [0.5, 0.6) is 0 Å². The minimum absolute atomic E-state index is 0.224. The molecule has 2 atom stereocenters. The second kappa shape index (κ2) is 5.12. The number of hydrogen-bond donors (Lipinski definition) is 1. The molecule has 54 valence electrons. The molecule has 0 saturated heterocycles. The Morgan fingerprint density at radius 2 is 2.44 bits per heavy atom. The lowest BCUT2D eigenvalue weighted by atomic mass is 10.9. The highest BCUT2D eigenvalue weighted by molar-refractivity contribution is 7.39. The van der Waals surface area contributed by atoms with E-state index in [9.17, 15) is 4.57 Å². The van der Waals surface area contributed by atoms with Crippen molar-refractivity contribution in [3.8, 4) is 0 Å². The van der Waals surface area contributed by atoms with Crippen LogP contribution in [-0.2, 0) is 9.09 Å². The summed E-state index contributed by atoms with van der Waals surface area (Å²) in [6, 6.07) is 0. The first-order valence-corrected chi connectivity index (χ1v) is 4.30. The third kappa shape index (κ3) is 4.79. The van der Waals surface area contributed by atoms with Crippen molar-refractivity contribution in [1.29, 1.82) is 0 Å². The zero-order chi connectivity index (χ0) is 7.28. The first kappa shape index (κ1) is 9.31. The molecule has 5 heteroatoms. The first-order chi connectivity index (χ1) is 4.18. The monoisotopic (exact) mass is 171 g/mol. The van der Waals surface area contributed by atoms with E-state index in [2.05, 4.69) is 4.52 Å². The largest absolute Gasteiger partial charge is 0.539 e. The molecule has 0 aliphatic rings. The summed E-state index contributed by atoms with van der Waals surface area (Å²) in [6.07, 6.45) is 0. The average Bonchev–Trinajstić information content (AvgIpc) is 1.82. The van der Waals surface area contributed by atoms with Crippen molar-refractivity contribution in [2.45, 2.75) is 12.8 Å². The molecule has 2 unspecified atom stereocenters. The molecule has 0 aromatic rings. The van der Waals surface area contributed by atoms with E-state index in [0.29, 0.717) is 5.88 Å². The molecule has 0 fully saturated rings. The Hall–Kier alpha value is 0.310. The van der Waals surface area contributed by atoms with Crippen LogP contribution < -0.4 is 0 Å². The number of aliphatic hydroxyl groups excluding tert-OH is 1. The SMILES string of the molecule is CC(O)[P+](=O)OCCCl. The molecule has 0 rings (SSSR count). The predicted molar refractivity (Wildman–Crippen MR) is 36.0 cm³/mol. The summed E-state index contributed by atoms with van der Waals surface area (Å²) >= 11 is 5.22. The fourth-order valence-electron chi connectivity index (χ4n) is 0.232. The molecule has 0 radical (unpaired) electrons. The minimum atomic E-state index is -1.92. The van der Waals surface area contributed by atoms with Crippen LogP contribution in [0, 0.1) is 0 Å². The molecular weight excluding hydrogens is 162 g/mol. The maximum atomic E-state index is 10.5. The van der Waals surface area contributed by atoms with Gasteiger partial charge in [0, 0.05) is 6.92 Å². The van der Waals surface area contributed by atoms with Gasteiger partial charge in [0.1, 0.15) is 6.61 Å². The summed E-state index contributed by atoms with van der Waals surface area (Å²) in [5.41, 5.74) is 0. The Labute approximate surface area is 59.8 Å². The number of alkyl halides is 1. The Bertz CT molecular complexity index is 95.8. The lowest BCUT2D eigenvalue weighted by Gasteiger charge is -1.87. The van der Waals surface area contributed by atoms with Gasteiger partial charge in [-0.25, -0.2) is 0 Å². The molecule has 9 heavy (non-hydrogen) atoms. The van der Waals surface area contributed by atoms with Crippen LogP contribution in [0.15, 0.2) is 0 Å². The Morgan fingerprint density at radius 3 is 2.78 bits per heavy atom. The molecule has 0 aromatic heterocycles. The summed E-state index contributed by atoms with van der Waals surface area (Å²) in [7, 11) is -1.92. The van der Waals surface area contributed by atoms with Gasteiger partial charge in [-0.3, -0.25) is 0 Å². The van der Waals surface area contributed by atoms with Crippen molar-refractivity contribution < 1.29 is 14.2 Å². The summed E-state index contributed by atoms with van der Waals surface area (Å²) in [6.45, 7) is 1.63. The van der Waals surface area contributed by atoms with E-state index in [0.717, 1.165) is 0 Å². The molecule has 0 bridgehead atoms. The van der Waals surface area contributed by atoms with E-state index in [1.54, 1.807) is 0 Å². The lowest BCUT2D eigenvalue weighted by molar-refractivity contribution is 0.237. The van der Waals surface area contributed by atoms with Crippen LogP contribution in [0.25, 0.3) is 0 Å². The molecule has 0 spiro atoms. The maximum absolute atomic E-state index is 10.5. The number of rotatable bonds is 4. The molecule has 0 aliphatic heterocycles. The van der Waals surface area contributed by atoms with Crippen molar-refractivity contribution in [2.75, 3.05) is 12.5 Å². The zero-order valence-electron chi connectivity index (χ0n) is 5.08. The predicted octanol–water partition coefficient (Wildman–Crippen LogP) is 1.32. The molecule has 0 amide bonds. The van der Waals surface area contributed by atoms with Crippen molar-refractivity contribution in [3.63, 3.8) is 0 Å². The van der Waals surface area contributed by atoms with Gasteiger partial charge in [0.15, 0.2) is 0 Å². The van der Waals surface area contributed by atoms with Gasteiger partial charge in [0.25, 0.3) is 5.85 Å².